The van der Waals surface area contributed by atoms with Crippen molar-refractivity contribution in [3.05, 3.63) is 41.6 Å². The standard InChI is InChI=1S/C21H29N2O/c1-16-12-17-6-4-5-7-20(17)23(16)19-13-18(14-21(2,3)15-19)22-8-10-24-11-9-22/h4-7,13,16H,8-12,14-15H2,1-3H3/q+1. The summed E-state index contributed by atoms with van der Waals surface area (Å²) in [6.07, 6.45) is 5.95. The summed E-state index contributed by atoms with van der Waals surface area (Å²) in [6.45, 7) is 11.0. The SMILES string of the molecule is CC1Cc2ccccc2N1C1=CC(=[N+]2CCOCC2)CC(C)(C)C1. The fourth-order valence-electron chi connectivity index (χ4n) is 4.55. The summed E-state index contributed by atoms with van der Waals surface area (Å²) in [5, 5.41) is 0. The molecule has 2 heterocycles. The Morgan fingerprint density at radius 3 is 2.67 bits per heavy atom. The minimum absolute atomic E-state index is 0.314. The average molecular weight is 325 g/mol. The molecule has 1 unspecified atom stereocenters. The van der Waals surface area contributed by atoms with Gasteiger partial charge in [-0.15, -0.1) is 0 Å². The number of rotatable bonds is 1. The number of ether oxygens (including phenoxy) is 1. The summed E-state index contributed by atoms with van der Waals surface area (Å²) in [7, 11) is 0. The highest BCUT2D eigenvalue weighted by molar-refractivity contribution is 5.94. The smallest absolute Gasteiger partial charge is 0.178 e. The minimum Gasteiger partial charge on any atom is -0.368 e. The summed E-state index contributed by atoms with van der Waals surface area (Å²) < 4.78 is 8.09. The van der Waals surface area contributed by atoms with E-state index in [-0.39, 0.29) is 0 Å². The lowest BCUT2D eigenvalue weighted by Crippen LogP contribution is -2.39. The normalized spacial score (nSPS) is 26.4. The average Bonchev–Trinajstić information content (AvgIpc) is 2.90. The van der Waals surface area contributed by atoms with Crippen molar-refractivity contribution in [2.75, 3.05) is 31.2 Å². The van der Waals surface area contributed by atoms with Crippen molar-refractivity contribution < 1.29 is 9.31 Å². The number of hydrogen-bond donors (Lipinski definition) is 0. The van der Waals surface area contributed by atoms with Gasteiger partial charge in [-0.25, -0.2) is 4.58 Å². The van der Waals surface area contributed by atoms with Crippen LogP contribution >= 0.6 is 0 Å². The van der Waals surface area contributed by atoms with Gasteiger partial charge in [-0.3, -0.25) is 0 Å². The molecule has 0 bridgehead atoms. The summed E-state index contributed by atoms with van der Waals surface area (Å²) in [5.41, 5.74) is 6.21. The van der Waals surface area contributed by atoms with E-state index in [4.69, 9.17) is 4.74 Å². The first kappa shape index (κ1) is 15.9. The van der Waals surface area contributed by atoms with E-state index in [0.717, 1.165) is 39.1 Å². The van der Waals surface area contributed by atoms with Gasteiger partial charge < -0.3 is 9.64 Å². The first-order chi connectivity index (χ1) is 11.5. The molecule has 24 heavy (non-hydrogen) atoms. The predicted octanol–water partition coefficient (Wildman–Crippen LogP) is 3.63. The van der Waals surface area contributed by atoms with Crippen LogP contribution in [0.25, 0.3) is 0 Å². The highest BCUT2D eigenvalue weighted by Gasteiger charge is 2.37. The monoisotopic (exact) mass is 325 g/mol. The van der Waals surface area contributed by atoms with Gasteiger partial charge in [-0.05, 0) is 36.8 Å². The van der Waals surface area contributed by atoms with Gasteiger partial charge >= 0.3 is 0 Å². The Morgan fingerprint density at radius 1 is 1.12 bits per heavy atom. The van der Waals surface area contributed by atoms with Crippen molar-refractivity contribution in [3.63, 3.8) is 0 Å². The molecule has 1 aromatic rings. The number of nitrogens with zero attached hydrogens (tertiary/aromatic N) is 2. The van der Waals surface area contributed by atoms with Crippen molar-refractivity contribution in [2.24, 2.45) is 5.41 Å². The lowest BCUT2D eigenvalue weighted by atomic mass is 9.77. The third-order valence-corrected chi connectivity index (χ3v) is 5.59. The van der Waals surface area contributed by atoms with Crippen LogP contribution in [0.4, 0.5) is 5.69 Å². The third-order valence-electron chi connectivity index (χ3n) is 5.59. The molecular formula is C21H29N2O+. The van der Waals surface area contributed by atoms with E-state index >= 15 is 0 Å². The molecule has 1 fully saturated rings. The molecule has 0 saturated carbocycles. The topological polar surface area (TPSA) is 15.5 Å². The van der Waals surface area contributed by atoms with Crippen molar-refractivity contribution in [3.8, 4) is 0 Å². The van der Waals surface area contributed by atoms with Gasteiger partial charge in [-0.1, -0.05) is 32.0 Å². The number of para-hydroxylation sites is 1. The molecule has 128 valence electrons. The van der Waals surface area contributed by atoms with E-state index in [1.807, 2.05) is 0 Å². The van der Waals surface area contributed by atoms with Gasteiger partial charge in [0.25, 0.3) is 0 Å². The number of benzene rings is 1. The minimum atomic E-state index is 0.314. The maximum atomic E-state index is 5.55. The Bertz CT molecular complexity index is 694. The van der Waals surface area contributed by atoms with Crippen LogP contribution in [-0.2, 0) is 11.2 Å². The lowest BCUT2D eigenvalue weighted by molar-refractivity contribution is -0.550. The molecule has 1 saturated heterocycles. The highest BCUT2D eigenvalue weighted by atomic mass is 16.5. The summed E-state index contributed by atoms with van der Waals surface area (Å²) >= 11 is 0. The van der Waals surface area contributed by atoms with Crippen molar-refractivity contribution in [1.29, 1.82) is 0 Å². The second-order valence-electron chi connectivity index (χ2n) is 8.30. The molecule has 0 N–H and O–H groups in total. The highest BCUT2D eigenvalue weighted by Crippen LogP contribution is 2.42. The molecule has 4 rings (SSSR count). The van der Waals surface area contributed by atoms with Crippen molar-refractivity contribution >= 4 is 11.4 Å². The summed E-state index contributed by atoms with van der Waals surface area (Å²) in [4.78, 5) is 2.59. The first-order valence-corrected chi connectivity index (χ1v) is 9.30. The number of hydrogen-bond acceptors (Lipinski definition) is 2. The summed E-state index contributed by atoms with van der Waals surface area (Å²) in [5.74, 6) is 0. The Kier molecular flexibility index (Phi) is 4.00. The van der Waals surface area contributed by atoms with E-state index in [1.54, 1.807) is 0 Å². The van der Waals surface area contributed by atoms with Crippen molar-refractivity contribution in [2.45, 2.75) is 46.1 Å². The van der Waals surface area contributed by atoms with E-state index in [2.05, 4.69) is 60.6 Å². The Labute approximate surface area is 145 Å². The molecule has 1 atom stereocenters. The Hall–Kier alpha value is -1.61. The number of morpholine rings is 1. The molecule has 3 aliphatic rings. The van der Waals surface area contributed by atoms with Gasteiger partial charge in [0.05, 0.1) is 0 Å². The van der Waals surface area contributed by atoms with Crippen molar-refractivity contribution in [1.82, 2.24) is 0 Å². The second-order valence-corrected chi connectivity index (χ2v) is 8.30. The van der Waals surface area contributed by atoms with Gasteiger partial charge in [0.2, 0.25) is 0 Å². The molecule has 3 nitrogen and oxygen atoms in total. The Balaban J connectivity index is 1.75. The van der Waals surface area contributed by atoms with E-state index in [0.29, 0.717) is 11.5 Å². The Morgan fingerprint density at radius 2 is 1.88 bits per heavy atom. The van der Waals surface area contributed by atoms with Gasteiger partial charge in [-0.2, -0.15) is 0 Å². The van der Waals surface area contributed by atoms with Crippen LogP contribution in [-0.4, -0.2) is 42.6 Å². The van der Waals surface area contributed by atoms with Gasteiger partial charge in [0, 0.05) is 29.9 Å². The largest absolute Gasteiger partial charge is 0.368 e. The maximum absolute atomic E-state index is 5.55. The quantitative estimate of drug-likeness (QED) is 0.733. The maximum Gasteiger partial charge on any atom is 0.178 e. The van der Waals surface area contributed by atoms with Crippen LogP contribution < -0.4 is 4.90 Å². The van der Waals surface area contributed by atoms with E-state index in [9.17, 15) is 0 Å². The third kappa shape index (κ3) is 2.90. The van der Waals surface area contributed by atoms with Crippen LogP contribution in [0.5, 0.6) is 0 Å². The zero-order valence-electron chi connectivity index (χ0n) is 15.2. The number of anilines is 1. The zero-order chi connectivity index (χ0) is 16.7. The molecular weight excluding hydrogens is 296 g/mol. The van der Waals surface area contributed by atoms with Gasteiger partial charge in [0.15, 0.2) is 18.8 Å². The molecule has 0 amide bonds. The predicted molar refractivity (Wildman–Crippen MR) is 99.0 cm³/mol. The fraction of sp³-hybridized carbons (Fsp3) is 0.571. The first-order valence-electron chi connectivity index (χ1n) is 9.30. The number of allylic oxidation sites excluding steroid dienone is 2. The second kappa shape index (κ2) is 6.03. The van der Waals surface area contributed by atoms with Crippen LogP contribution in [0, 0.1) is 5.41 Å². The zero-order valence-corrected chi connectivity index (χ0v) is 15.2. The molecule has 1 aromatic carbocycles. The molecule has 2 aliphatic heterocycles. The molecule has 1 aliphatic carbocycles. The molecule has 0 aromatic heterocycles. The number of fused-ring (bicyclic) bond motifs is 1. The van der Waals surface area contributed by atoms with Crippen LogP contribution in [0.1, 0.15) is 39.2 Å². The van der Waals surface area contributed by atoms with Crippen LogP contribution in [0.2, 0.25) is 0 Å². The lowest BCUT2D eigenvalue weighted by Gasteiger charge is -2.36. The van der Waals surface area contributed by atoms with E-state index < -0.39 is 0 Å². The van der Waals surface area contributed by atoms with Gasteiger partial charge in [0.1, 0.15) is 13.2 Å². The van der Waals surface area contributed by atoms with E-state index in [1.165, 1.54) is 29.1 Å². The molecule has 3 heteroatoms. The van der Waals surface area contributed by atoms with Crippen LogP contribution in [0.15, 0.2) is 36.0 Å². The molecule has 0 spiro atoms. The molecule has 0 radical (unpaired) electrons. The summed E-state index contributed by atoms with van der Waals surface area (Å²) in [6, 6.07) is 9.46. The van der Waals surface area contributed by atoms with Crippen LogP contribution in [0.3, 0.4) is 0 Å². The fourth-order valence-corrected chi connectivity index (χ4v) is 4.55.